The Morgan fingerprint density at radius 1 is 1.50 bits per heavy atom. The molecule has 0 aromatic heterocycles. The molecule has 16 heavy (non-hydrogen) atoms. The standard InChI is InChI=1S/C13H17NOS/c1-4-9-14-13(15)11(3)16-12-7-5-10(2)6-8-12/h4-8,11H,1,9H2,2-3H3,(H,14,15). The van der Waals surface area contributed by atoms with Gasteiger partial charge in [0, 0.05) is 11.4 Å². The van der Waals surface area contributed by atoms with Crippen molar-refractivity contribution in [3.8, 4) is 0 Å². The summed E-state index contributed by atoms with van der Waals surface area (Å²) in [7, 11) is 0. The SMILES string of the molecule is C=CCNC(=O)C(C)Sc1ccc(C)cc1. The van der Waals surface area contributed by atoms with Crippen LogP contribution in [-0.4, -0.2) is 17.7 Å². The van der Waals surface area contributed by atoms with E-state index in [1.807, 2.05) is 19.1 Å². The normalized spacial score (nSPS) is 11.9. The molecule has 1 aromatic carbocycles. The van der Waals surface area contributed by atoms with E-state index in [2.05, 4.69) is 31.0 Å². The van der Waals surface area contributed by atoms with Gasteiger partial charge in [0.1, 0.15) is 0 Å². The summed E-state index contributed by atoms with van der Waals surface area (Å²) in [6.07, 6.45) is 1.68. The molecule has 0 saturated heterocycles. The highest BCUT2D eigenvalue weighted by atomic mass is 32.2. The van der Waals surface area contributed by atoms with Crippen LogP contribution in [0.2, 0.25) is 0 Å². The third-order valence-electron chi connectivity index (χ3n) is 2.12. The quantitative estimate of drug-likeness (QED) is 0.628. The van der Waals surface area contributed by atoms with Crippen molar-refractivity contribution in [2.75, 3.05) is 6.54 Å². The minimum atomic E-state index is -0.0809. The molecular weight excluding hydrogens is 218 g/mol. The lowest BCUT2D eigenvalue weighted by Crippen LogP contribution is -2.30. The summed E-state index contributed by atoms with van der Waals surface area (Å²) in [6, 6.07) is 8.18. The molecule has 1 atom stereocenters. The number of carbonyl (C=O) groups is 1. The second kappa shape index (κ2) is 6.38. The topological polar surface area (TPSA) is 29.1 Å². The van der Waals surface area contributed by atoms with Gasteiger partial charge in [-0.15, -0.1) is 18.3 Å². The number of nitrogens with one attached hydrogen (secondary N) is 1. The van der Waals surface area contributed by atoms with Gasteiger partial charge < -0.3 is 5.32 Å². The monoisotopic (exact) mass is 235 g/mol. The first-order valence-corrected chi connectivity index (χ1v) is 6.13. The van der Waals surface area contributed by atoms with Crippen LogP contribution in [0.4, 0.5) is 0 Å². The van der Waals surface area contributed by atoms with E-state index in [1.165, 1.54) is 5.56 Å². The average molecular weight is 235 g/mol. The smallest absolute Gasteiger partial charge is 0.233 e. The lowest BCUT2D eigenvalue weighted by Gasteiger charge is -2.10. The molecule has 0 aliphatic rings. The molecule has 1 aromatic rings. The van der Waals surface area contributed by atoms with Crippen LogP contribution in [-0.2, 0) is 4.79 Å². The highest BCUT2D eigenvalue weighted by molar-refractivity contribution is 8.00. The summed E-state index contributed by atoms with van der Waals surface area (Å²) in [5, 5.41) is 2.71. The van der Waals surface area contributed by atoms with E-state index in [9.17, 15) is 4.79 Å². The lowest BCUT2D eigenvalue weighted by atomic mass is 10.2. The molecule has 1 amide bonds. The average Bonchev–Trinajstić information content (AvgIpc) is 2.29. The number of carbonyl (C=O) groups excluding carboxylic acids is 1. The summed E-state index contributed by atoms with van der Waals surface area (Å²) in [5.41, 5.74) is 1.23. The largest absolute Gasteiger partial charge is 0.352 e. The van der Waals surface area contributed by atoms with Crippen LogP contribution < -0.4 is 5.32 Å². The van der Waals surface area contributed by atoms with Crippen LogP contribution in [0.1, 0.15) is 12.5 Å². The van der Waals surface area contributed by atoms with Crippen molar-refractivity contribution in [1.82, 2.24) is 5.32 Å². The van der Waals surface area contributed by atoms with Crippen molar-refractivity contribution in [3.63, 3.8) is 0 Å². The van der Waals surface area contributed by atoms with Crippen molar-refractivity contribution in [1.29, 1.82) is 0 Å². The second-order valence-electron chi connectivity index (χ2n) is 3.61. The zero-order chi connectivity index (χ0) is 12.0. The Morgan fingerprint density at radius 2 is 2.12 bits per heavy atom. The maximum absolute atomic E-state index is 11.6. The van der Waals surface area contributed by atoms with E-state index in [1.54, 1.807) is 17.8 Å². The molecule has 0 fully saturated rings. The summed E-state index contributed by atoms with van der Waals surface area (Å²) in [4.78, 5) is 12.7. The third kappa shape index (κ3) is 4.11. The van der Waals surface area contributed by atoms with Crippen molar-refractivity contribution < 1.29 is 4.79 Å². The third-order valence-corrected chi connectivity index (χ3v) is 3.24. The Hall–Kier alpha value is -1.22. The Morgan fingerprint density at radius 3 is 2.69 bits per heavy atom. The molecule has 2 nitrogen and oxygen atoms in total. The zero-order valence-electron chi connectivity index (χ0n) is 9.69. The summed E-state index contributed by atoms with van der Waals surface area (Å²) in [6.45, 7) is 8.05. The predicted molar refractivity (Wildman–Crippen MR) is 69.7 cm³/mol. The molecular formula is C13H17NOS. The van der Waals surface area contributed by atoms with Crippen LogP contribution in [0.15, 0.2) is 41.8 Å². The highest BCUT2D eigenvalue weighted by Gasteiger charge is 2.12. The minimum Gasteiger partial charge on any atom is -0.352 e. The molecule has 0 bridgehead atoms. The lowest BCUT2D eigenvalue weighted by molar-refractivity contribution is -0.120. The Labute approximate surface area is 101 Å². The van der Waals surface area contributed by atoms with Crippen LogP contribution in [0, 0.1) is 6.92 Å². The van der Waals surface area contributed by atoms with E-state index in [0.717, 1.165) is 4.90 Å². The van der Waals surface area contributed by atoms with Crippen LogP contribution in [0.3, 0.4) is 0 Å². The first-order chi connectivity index (χ1) is 7.63. The molecule has 1 rings (SSSR count). The maximum Gasteiger partial charge on any atom is 0.233 e. The van der Waals surface area contributed by atoms with Crippen molar-refractivity contribution in [2.45, 2.75) is 24.0 Å². The molecule has 3 heteroatoms. The van der Waals surface area contributed by atoms with Gasteiger partial charge in [-0.2, -0.15) is 0 Å². The zero-order valence-corrected chi connectivity index (χ0v) is 10.5. The van der Waals surface area contributed by atoms with E-state index in [4.69, 9.17) is 0 Å². The summed E-state index contributed by atoms with van der Waals surface area (Å²) in [5.74, 6) is 0.0467. The van der Waals surface area contributed by atoms with Crippen LogP contribution >= 0.6 is 11.8 Å². The molecule has 86 valence electrons. The number of rotatable bonds is 5. The number of aryl methyl sites for hydroxylation is 1. The van der Waals surface area contributed by atoms with Gasteiger partial charge in [-0.25, -0.2) is 0 Å². The fourth-order valence-electron chi connectivity index (χ4n) is 1.19. The Kier molecular flexibility index (Phi) is 5.12. The number of amides is 1. The van der Waals surface area contributed by atoms with E-state index in [-0.39, 0.29) is 11.2 Å². The van der Waals surface area contributed by atoms with Gasteiger partial charge in [0.2, 0.25) is 5.91 Å². The second-order valence-corrected chi connectivity index (χ2v) is 5.02. The van der Waals surface area contributed by atoms with Crippen molar-refractivity contribution in [2.24, 2.45) is 0 Å². The molecule has 1 N–H and O–H groups in total. The maximum atomic E-state index is 11.6. The van der Waals surface area contributed by atoms with Gasteiger partial charge in [-0.05, 0) is 26.0 Å². The number of thioether (sulfide) groups is 1. The molecule has 0 saturated carbocycles. The Balaban J connectivity index is 2.50. The predicted octanol–water partition coefficient (Wildman–Crippen LogP) is 2.78. The number of hydrogen-bond acceptors (Lipinski definition) is 2. The molecule has 0 heterocycles. The molecule has 0 radical (unpaired) electrons. The number of benzene rings is 1. The minimum absolute atomic E-state index is 0.0467. The number of hydrogen-bond donors (Lipinski definition) is 1. The summed E-state index contributed by atoms with van der Waals surface area (Å²) < 4.78 is 0. The van der Waals surface area contributed by atoms with Gasteiger partial charge in [0.05, 0.1) is 5.25 Å². The van der Waals surface area contributed by atoms with Gasteiger partial charge in [-0.3, -0.25) is 4.79 Å². The van der Waals surface area contributed by atoms with Crippen LogP contribution in [0.25, 0.3) is 0 Å². The first-order valence-electron chi connectivity index (χ1n) is 5.25. The van der Waals surface area contributed by atoms with Crippen molar-refractivity contribution >= 4 is 17.7 Å². The molecule has 1 unspecified atom stereocenters. The van der Waals surface area contributed by atoms with Gasteiger partial charge in [0.15, 0.2) is 0 Å². The van der Waals surface area contributed by atoms with E-state index in [0.29, 0.717) is 6.54 Å². The molecule has 0 spiro atoms. The van der Waals surface area contributed by atoms with E-state index < -0.39 is 0 Å². The highest BCUT2D eigenvalue weighted by Crippen LogP contribution is 2.23. The van der Waals surface area contributed by atoms with Crippen molar-refractivity contribution in [3.05, 3.63) is 42.5 Å². The van der Waals surface area contributed by atoms with Gasteiger partial charge >= 0.3 is 0 Å². The summed E-state index contributed by atoms with van der Waals surface area (Å²) >= 11 is 1.56. The van der Waals surface area contributed by atoms with E-state index >= 15 is 0 Å². The molecule has 0 aliphatic heterocycles. The van der Waals surface area contributed by atoms with Crippen LogP contribution in [0.5, 0.6) is 0 Å². The molecule has 0 aliphatic carbocycles. The fraction of sp³-hybridized carbons (Fsp3) is 0.308. The fourth-order valence-corrected chi connectivity index (χ4v) is 2.08. The van der Waals surface area contributed by atoms with Gasteiger partial charge in [0.25, 0.3) is 0 Å². The van der Waals surface area contributed by atoms with Gasteiger partial charge in [-0.1, -0.05) is 23.8 Å². The first kappa shape index (κ1) is 12.8. The Bertz CT molecular complexity index is 359.